The third kappa shape index (κ3) is 7.01. The van der Waals surface area contributed by atoms with Crippen LogP contribution < -0.4 is 5.32 Å². The molecule has 4 nitrogen and oxygen atoms in total. The van der Waals surface area contributed by atoms with Crippen molar-refractivity contribution in [1.29, 1.82) is 0 Å². The Kier molecular flexibility index (Phi) is 6.44. The van der Waals surface area contributed by atoms with Gasteiger partial charge in [0.05, 0.1) is 5.75 Å². The largest absolute Gasteiger partial charge is 0.316 e. The van der Waals surface area contributed by atoms with Crippen LogP contribution in [0.15, 0.2) is 0 Å². The molecule has 0 unspecified atom stereocenters. The fourth-order valence-corrected chi connectivity index (χ4v) is 2.78. The summed E-state index contributed by atoms with van der Waals surface area (Å²) in [4.78, 5) is 2.28. The quantitative estimate of drug-likeness (QED) is 0.688. The van der Waals surface area contributed by atoms with Gasteiger partial charge in [0.15, 0.2) is 0 Å². The van der Waals surface area contributed by atoms with Gasteiger partial charge < -0.3 is 10.2 Å². The standard InChI is InChI=1S/C12H26N2O2S/c1-3-6-13-11-12-4-7-14(8-5-12)9-10-17(2,15)16/h12-13H,3-11H2,1-2H3. The molecule has 17 heavy (non-hydrogen) atoms. The van der Waals surface area contributed by atoms with Gasteiger partial charge in [-0.3, -0.25) is 0 Å². The Hall–Kier alpha value is -0.130. The zero-order valence-corrected chi connectivity index (χ0v) is 11.9. The first-order chi connectivity index (χ1) is 8.01. The summed E-state index contributed by atoms with van der Waals surface area (Å²) in [5.74, 6) is 1.07. The molecule has 0 amide bonds. The van der Waals surface area contributed by atoms with E-state index in [1.165, 1.54) is 25.5 Å². The number of nitrogens with zero attached hydrogens (tertiary/aromatic N) is 1. The van der Waals surface area contributed by atoms with E-state index in [0.29, 0.717) is 12.3 Å². The summed E-state index contributed by atoms with van der Waals surface area (Å²) in [5, 5.41) is 3.46. The number of sulfone groups is 1. The third-order valence-electron chi connectivity index (χ3n) is 3.35. The first-order valence-electron chi connectivity index (χ1n) is 6.62. The van der Waals surface area contributed by atoms with Gasteiger partial charge in [0.25, 0.3) is 0 Å². The highest BCUT2D eigenvalue weighted by atomic mass is 32.2. The van der Waals surface area contributed by atoms with Crippen LogP contribution in [0.1, 0.15) is 26.2 Å². The topological polar surface area (TPSA) is 49.4 Å². The van der Waals surface area contributed by atoms with E-state index in [-0.39, 0.29) is 0 Å². The van der Waals surface area contributed by atoms with E-state index in [4.69, 9.17) is 0 Å². The Morgan fingerprint density at radius 2 is 1.94 bits per heavy atom. The molecule has 1 aliphatic heterocycles. The van der Waals surface area contributed by atoms with Crippen molar-refractivity contribution >= 4 is 9.84 Å². The molecule has 0 saturated carbocycles. The zero-order valence-electron chi connectivity index (χ0n) is 11.1. The SMILES string of the molecule is CCCNCC1CCN(CCS(C)(=O)=O)CC1. The number of hydrogen-bond acceptors (Lipinski definition) is 4. The van der Waals surface area contributed by atoms with Gasteiger partial charge in [-0.15, -0.1) is 0 Å². The van der Waals surface area contributed by atoms with Crippen LogP contribution in [-0.4, -0.2) is 58.1 Å². The second-order valence-electron chi connectivity index (χ2n) is 5.12. The van der Waals surface area contributed by atoms with Crippen molar-refractivity contribution in [2.45, 2.75) is 26.2 Å². The van der Waals surface area contributed by atoms with Gasteiger partial charge in [-0.05, 0) is 51.4 Å². The molecule has 0 radical (unpaired) electrons. The molecule has 1 heterocycles. The van der Waals surface area contributed by atoms with E-state index < -0.39 is 9.84 Å². The van der Waals surface area contributed by atoms with E-state index >= 15 is 0 Å². The highest BCUT2D eigenvalue weighted by Crippen LogP contribution is 2.16. The minimum absolute atomic E-state index is 0.297. The lowest BCUT2D eigenvalue weighted by Crippen LogP contribution is -2.39. The Labute approximate surface area is 106 Å². The summed E-state index contributed by atoms with van der Waals surface area (Å²) < 4.78 is 22.2. The van der Waals surface area contributed by atoms with Crippen LogP contribution in [0.3, 0.4) is 0 Å². The maximum Gasteiger partial charge on any atom is 0.148 e. The van der Waals surface area contributed by atoms with Gasteiger partial charge in [0, 0.05) is 12.8 Å². The summed E-state index contributed by atoms with van der Waals surface area (Å²) in [6.07, 6.45) is 4.89. The molecule has 1 N–H and O–H groups in total. The lowest BCUT2D eigenvalue weighted by molar-refractivity contribution is 0.191. The highest BCUT2D eigenvalue weighted by molar-refractivity contribution is 7.90. The predicted molar refractivity (Wildman–Crippen MR) is 72.0 cm³/mol. The number of hydrogen-bond donors (Lipinski definition) is 1. The fourth-order valence-electron chi connectivity index (χ4n) is 2.19. The van der Waals surface area contributed by atoms with Crippen molar-refractivity contribution in [3.05, 3.63) is 0 Å². The lowest BCUT2D eigenvalue weighted by atomic mass is 9.97. The van der Waals surface area contributed by atoms with E-state index in [1.807, 2.05) is 0 Å². The average Bonchev–Trinajstić information content (AvgIpc) is 2.27. The molecule has 5 heteroatoms. The van der Waals surface area contributed by atoms with E-state index in [1.54, 1.807) is 0 Å². The molecule has 0 aromatic heterocycles. The van der Waals surface area contributed by atoms with Crippen LogP contribution in [0.5, 0.6) is 0 Å². The van der Waals surface area contributed by atoms with Crippen LogP contribution in [0.25, 0.3) is 0 Å². The number of likely N-dealkylation sites (tertiary alicyclic amines) is 1. The zero-order chi connectivity index (χ0) is 12.7. The first-order valence-corrected chi connectivity index (χ1v) is 8.68. The summed E-state index contributed by atoms with van der Waals surface area (Å²) in [5.41, 5.74) is 0. The van der Waals surface area contributed by atoms with Gasteiger partial charge >= 0.3 is 0 Å². The fraction of sp³-hybridized carbons (Fsp3) is 1.00. The predicted octanol–water partition coefficient (Wildman–Crippen LogP) is 0.743. The second-order valence-corrected chi connectivity index (χ2v) is 7.38. The van der Waals surface area contributed by atoms with Crippen molar-refractivity contribution in [1.82, 2.24) is 10.2 Å². The van der Waals surface area contributed by atoms with Gasteiger partial charge in [-0.25, -0.2) is 8.42 Å². The van der Waals surface area contributed by atoms with Crippen molar-refractivity contribution < 1.29 is 8.42 Å². The number of rotatable bonds is 7. The molecule has 1 fully saturated rings. The molecule has 0 atom stereocenters. The molecular weight excluding hydrogens is 236 g/mol. The Balaban J connectivity index is 2.13. The van der Waals surface area contributed by atoms with E-state index in [2.05, 4.69) is 17.1 Å². The maximum atomic E-state index is 11.1. The van der Waals surface area contributed by atoms with Crippen LogP contribution in [0.2, 0.25) is 0 Å². The minimum Gasteiger partial charge on any atom is -0.316 e. The smallest absolute Gasteiger partial charge is 0.148 e. The third-order valence-corrected chi connectivity index (χ3v) is 4.27. The van der Waals surface area contributed by atoms with Gasteiger partial charge in [-0.2, -0.15) is 0 Å². The van der Waals surface area contributed by atoms with Gasteiger partial charge in [0.2, 0.25) is 0 Å². The average molecular weight is 262 g/mol. The Bertz CT molecular complexity index is 296. The van der Waals surface area contributed by atoms with Crippen molar-refractivity contribution in [3.8, 4) is 0 Å². The van der Waals surface area contributed by atoms with Crippen LogP contribution in [0, 0.1) is 5.92 Å². The molecule has 0 aliphatic carbocycles. The molecule has 1 saturated heterocycles. The van der Waals surface area contributed by atoms with E-state index in [0.717, 1.165) is 32.1 Å². The summed E-state index contributed by atoms with van der Waals surface area (Å²) in [6.45, 7) is 7.21. The monoisotopic (exact) mass is 262 g/mol. The normalized spacial score (nSPS) is 19.6. The van der Waals surface area contributed by atoms with Gasteiger partial charge in [-0.1, -0.05) is 6.92 Å². The van der Waals surface area contributed by atoms with Crippen molar-refractivity contribution in [2.75, 3.05) is 44.7 Å². The summed E-state index contributed by atoms with van der Waals surface area (Å²) in [6, 6.07) is 0. The van der Waals surface area contributed by atoms with Crippen LogP contribution >= 0.6 is 0 Å². The Morgan fingerprint density at radius 1 is 1.29 bits per heavy atom. The van der Waals surface area contributed by atoms with Crippen molar-refractivity contribution in [3.63, 3.8) is 0 Å². The molecule has 102 valence electrons. The first kappa shape index (κ1) is 14.9. The molecule has 1 aliphatic rings. The van der Waals surface area contributed by atoms with E-state index in [9.17, 15) is 8.42 Å². The van der Waals surface area contributed by atoms with Crippen molar-refractivity contribution in [2.24, 2.45) is 5.92 Å². The molecule has 0 aromatic rings. The molecule has 0 spiro atoms. The number of nitrogens with one attached hydrogen (secondary N) is 1. The van der Waals surface area contributed by atoms with Crippen LogP contribution in [0.4, 0.5) is 0 Å². The number of piperidine rings is 1. The molecule has 0 aromatic carbocycles. The summed E-state index contributed by atoms with van der Waals surface area (Å²) in [7, 11) is -2.81. The molecular formula is C12H26N2O2S. The highest BCUT2D eigenvalue weighted by Gasteiger charge is 2.19. The summed E-state index contributed by atoms with van der Waals surface area (Å²) >= 11 is 0. The Morgan fingerprint density at radius 3 is 2.47 bits per heavy atom. The van der Waals surface area contributed by atoms with Crippen LogP contribution in [-0.2, 0) is 9.84 Å². The minimum atomic E-state index is -2.81. The maximum absolute atomic E-state index is 11.1. The molecule has 0 bridgehead atoms. The lowest BCUT2D eigenvalue weighted by Gasteiger charge is -2.31. The van der Waals surface area contributed by atoms with Gasteiger partial charge in [0.1, 0.15) is 9.84 Å². The second kappa shape index (κ2) is 7.34. The molecule has 1 rings (SSSR count).